The maximum atomic E-state index is 11.2. The first-order valence-corrected chi connectivity index (χ1v) is 6.69. The Morgan fingerprint density at radius 3 is 2.84 bits per heavy atom. The molecule has 0 bridgehead atoms. The van der Waals surface area contributed by atoms with Crippen LogP contribution in [0.1, 0.15) is 36.2 Å². The lowest BCUT2D eigenvalue weighted by atomic mass is 10.1. The molecular weight excluding hydrogens is 266 g/mol. The van der Waals surface area contributed by atoms with Crippen molar-refractivity contribution < 1.29 is 14.6 Å². The normalized spacial score (nSPS) is 14.8. The van der Waals surface area contributed by atoms with E-state index in [2.05, 4.69) is 4.57 Å². The molecule has 0 amide bonds. The van der Waals surface area contributed by atoms with Crippen molar-refractivity contribution in [2.45, 2.75) is 25.8 Å². The van der Waals surface area contributed by atoms with Crippen LogP contribution in [0, 0.1) is 0 Å². The van der Waals surface area contributed by atoms with Gasteiger partial charge in [-0.15, -0.1) is 0 Å². The Morgan fingerprint density at radius 1 is 1.53 bits per heavy atom. The van der Waals surface area contributed by atoms with Crippen molar-refractivity contribution in [2.75, 3.05) is 6.61 Å². The summed E-state index contributed by atoms with van der Waals surface area (Å²) in [6, 6.07) is 3.65. The average molecular weight is 280 g/mol. The van der Waals surface area contributed by atoms with Crippen molar-refractivity contribution in [3.63, 3.8) is 0 Å². The summed E-state index contributed by atoms with van der Waals surface area (Å²) in [6.07, 6.45) is 4.14. The van der Waals surface area contributed by atoms with Gasteiger partial charge in [0.05, 0.1) is 22.7 Å². The van der Waals surface area contributed by atoms with Crippen molar-refractivity contribution >= 4 is 28.5 Å². The fourth-order valence-corrected chi connectivity index (χ4v) is 2.59. The lowest BCUT2D eigenvalue weighted by Gasteiger charge is -2.10. The second-order valence-corrected chi connectivity index (χ2v) is 5.13. The summed E-state index contributed by atoms with van der Waals surface area (Å²) in [5, 5.41) is 10.5. The molecule has 0 saturated heterocycles. The molecule has 5 heteroatoms. The fourth-order valence-electron chi connectivity index (χ4n) is 2.34. The van der Waals surface area contributed by atoms with Gasteiger partial charge in [0, 0.05) is 17.6 Å². The summed E-state index contributed by atoms with van der Waals surface area (Å²) < 4.78 is 7.70. The standard InChI is InChI=1S/C14H14ClNO3/c1-2-19-12-6-8(14(17)18)5-10-11(15)7-16(13(10)12)9-3-4-9/h5-7,9H,2-4H2,1H3,(H,17,18). The molecule has 19 heavy (non-hydrogen) atoms. The lowest BCUT2D eigenvalue weighted by molar-refractivity contribution is 0.0696. The number of aromatic carboxylic acids is 1. The number of rotatable bonds is 4. The highest BCUT2D eigenvalue weighted by atomic mass is 35.5. The molecule has 0 radical (unpaired) electrons. The Hall–Kier alpha value is -1.68. The fraction of sp³-hybridized carbons (Fsp3) is 0.357. The molecule has 1 aliphatic rings. The van der Waals surface area contributed by atoms with Gasteiger partial charge >= 0.3 is 5.97 Å². The Bertz CT molecular complexity index is 658. The second kappa shape index (κ2) is 4.46. The molecule has 3 rings (SSSR count). The van der Waals surface area contributed by atoms with Gasteiger partial charge in [0.15, 0.2) is 0 Å². The van der Waals surface area contributed by atoms with Gasteiger partial charge < -0.3 is 14.4 Å². The van der Waals surface area contributed by atoms with E-state index in [-0.39, 0.29) is 5.56 Å². The number of hydrogen-bond acceptors (Lipinski definition) is 2. The third kappa shape index (κ3) is 2.06. The summed E-state index contributed by atoms with van der Waals surface area (Å²) in [7, 11) is 0. The van der Waals surface area contributed by atoms with Crippen LogP contribution in [0.2, 0.25) is 5.02 Å². The van der Waals surface area contributed by atoms with E-state index >= 15 is 0 Å². The molecule has 1 heterocycles. The molecule has 100 valence electrons. The van der Waals surface area contributed by atoms with E-state index in [9.17, 15) is 4.79 Å². The maximum Gasteiger partial charge on any atom is 0.335 e. The quantitative estimate of drug-likeness (QED) is 0.928. The predicted molar refractivity (Wildman–Crippen MR) is 73.3 cm³/mol. The van der Waals surface area contributed by atoms with Crippen LogP contribution in [0.15, 0.2) is 18.3 Å². The van der Waals surface area contributed by atoms with Gasteiger partial charge in [-0.2, -0.15) is 0 Å². The topological polar surface area (TPSA) is 51.5 Å². The molecule has 0 atom stereocenters. The van der Waals surface area contributed by atoms with Crippen LogP contribution in [0.3, 0.4) is 0 Å². The number of halogens is 1. The van der Waals surface area contributed by atoms with Gasteiger partial charge in [0.25, 0.3) is 0 Å². The zero-order chi connectivity index (χ0) is 13.6. The number of nitrogens with zero attached hydrogens (tertiary/aromatic N) is 1. The predicted octanol–water partition coefficient (Wildman–Crippen LogP) is 3.73. The largest absolute Gasteiger partial charge is 0.492 e. The van der Waals surface area contributed by atoms with E-state index in [0.717, 1.165) is 23.7 Å². The Kier molecular flexibility index (Phi) is 2.90. The summed E-state index contributed by atoms with van der Waals surface area (Å²) >= 11 is 6.23. The van der Waals surface area contributed by atoms with Crippen LogP contribution in [0.25, 0.3) is 10.9 Å². The third-order valence-electron chi connectivity index (χ3n) is 3.33. The van der Waals surface area contributed by atoms with Crippen molar-refractivity contribution in [1.82, 2.24) is 4.57 Å². The van der Waals surface area contributed by atoms with Crippen LogP contribution in [0.5, 0.6) is 5.75 Å². The molecule has 1 N–H and O–H groups in total. The van der Waals surface area contributed by atoms with Gasteiger partial charge in [-0.25, -0.2) is 4.79 Å². The highest BCUT2D eigenvalue weighted by Gasteiger charge is 2.27. The molecule has 1 aromatic carbocycles. The van der Waals surface area contributed by atoms with Crippen LogP contribution in [-0.4, -0.2) is 22.2 Å². The molecule has 1 aliphatic carbocycles. The van der Waals surface area contributed by atoms with Crippen LogP contribution in [-0.2, 0) is 0 Å². The number of ether oxygens (including phenoxy) is 1. The van der Waals surface area contributed by atoms with Gasteiger partial charge in [0.2, 0.25) is 0 Å². The van der Waals surface area contributed by atoms with Gasteiger partial charge in [0.1, 0.15) is 5.75 Å². The molecule has 1 saturated carbocycles. The Morgan fingerprint density at radius 2 is 2.26 bits per heavy atom. The minimum absolute atomic E-state index is 0.200. The van der Waals surface area contributed by atoms with Crippen LogP contribution >= 0.6 is 11.6 Å². The minimum atomic E-state index is -0.974. The van der Waals surface area contributed by atoms with E-state index < -0.39 is 5.97 Å². The number of fused-ring (bicyclic) bond motifs is 1. The number of hydrogen-bond donors (Lipinski definition) is 1. The van der Waals surface area contributed by atoms with Crippen LogP contribution < -0.4 is 4.74 Å². The van der Waals surface area contributed by atoms with E-state index in [4.69, 9.17) is 21.4 Å². The molecule has 1 aromatic heterocycles. The molecule has 1 fully saturated rings. The lowest BCUT2D eigenvalue weighted by Crippen LogP contribution is -2.01. The number of carboxylic acids is 1. The third-order valence-corrected chi connectivity index (χ3v) is 3.63. The number of carbonyl (C=O) groups is 1. The summed E-state index contributed by atoms with van der Waals surface area (Å²) in [4.78, 5) is 11.2. The van der Waals surface area contributed by atoms with Crippen molar-refractivity contribution in [1.29, 1.82) is 0 Å². The van der Waals surface area contributed by atoms with Crippen molar-refractivity contribution in [2.24, 2.45) is 0 Å². The molecule has 2 aromatic rings. The number of benzene rings is 1. The van der Waals surface area contributed by atoms with Crippen molar-refractivity contribution in [3.05, 3.63) is 28.9 Å². The minimum Gasteiger partial charge on any atom is -0.492 e. The smallest absolute Gasteiger partial charge is 0.335 e. The number of aromatic nitrogens is 1. The van der Waals surface area contributed by atoms with Gasteiger partial charge in [-0.1, -0.05) is 11.6 Å². The van der Waals surface area contributed by atoms with Crippen LogP contribution in [0.4, 0.5) is 0 Å². The molecule has 0 unspecified atom stereocenters. The van der Waals surface area contributed by atoms with E-state index in [1.165, 1.54) is 0 Å². The van der Waals surface area contributed by atoms with Crippen molar-refractivity contribution in [3.8, 4) is 5.75 Å². The monoisotopic (exact) mass is 279 g/mol. The van der Waals surface area contributed by atoms with E-state index in [1.54, 1.807) is 12.1 Å². The van der Waals surface area contributed by atoms with E-state index in [0.29, 0.717) is 23.4 Å². The van der Waals surface area contributed by atoms with Gasteiger partial charge in [-0.05, 0) is 31.9 Å². The SMILES string of the molecule is CCOc1cc(C(=O)O)cc2c(Cl)cn(C3CC3)c12. The second-order valence-electron chi connectivity index (χ2n) is 4.72. The zero-order valence-electron chi connectivity index (χ0n) is 10.5. The average Bonchev–Trinajstić information content (AvgIpc) is 3.15. The molecule has 0 aliphatic heterocycles. The van der Waals surface area contributed by atoms with E-state index in [1.807, 2.05) is 13.1 Å². The summed E-state index contributed by atoms with van der Waals surface area (Å²) in [5.41, 5.74) is 1.10. The molecule has 4 nitrogen and oxygen atoms in total. The highest BCUT2D eigenvalue weighted by Crippen LogP contribution is 2.43. The zero-order valence-corrected chi connectivity index (χ0v) is 11.3. The Balaban J connectivity index is 2.28. The summed E-state index contributed by atoms with van der Waals surface area (Å²) in [5.74, 6) is -0.380. The molecular formula is C14H14ClNO3. The van der Waals surface area contributed by atoms with Gasteiger partial charge in [-0.3, -0.25) is 0 Å². The molecule has 0 spiro atoms. The first-order chi connectivity index (χ1) is 9.11. The highest BCUT2D eigenvalue weighted by molar-refractivity contribution is 6.36. The summed E-state index contributed by atoms with van der Waals surface area (Å²) in [6.45, 7) is 2.37. The number of carboxylic acid groups (broad SMARTS) is 1. The Labute approximate surface area is 115 Å². The first kappa shape index (κ1) is 12.4. The first-order valence-electron chi connectivity index (χ1n) is 6.32. The maximum absolute atomic E-state index is 11.2.